The van der Waals surface area contributed by atoms with E-state index < -0.39 is 18.0 Å². The molecular weight excluding hydrogens is 202 g/mol. The van der Waals surface area contributed by atoms with Crippen molar-refractivity contribution in [1.29, 1.82) is 0 Å². The molecule has 5 nitrogen and oxygen atoms in total. The van der Waals surface area contributed by atoms with E-state index in [-0.39, 0.29) is 39.8 Å². The predicted molar refractivity (Wildman–Crippen MR) is 50.3 cm³/mol. The van der Waals surface area contributed by atoms with Crippen LogP contribution in [0.5, 0.6) is 0 Å². The van der Waals surface area contributed by atoms with Crippen molar-refractivity contribution in [3.63, 3.8) is 0 Å². The van der Waals surface area contributed by atoms with E-state index >= 15 is 0 Å². The number of hydrogen-bond donors (Lipinski definition) is 1. The van der Waals surface area contributed by atoms with Crippen molar-refractivity contribution < 1.29 is 19.8 Å². The van der Waals surface area contributed by atoms with Gasteiger partial charge in [0.05, 0.1) is 5.97 Å². The van der Waals surface area contributed by atoms with Gasteiger partial charge in [-0.05, 0) is 12.8 Å². The van der Waals surface area contributed by atoms with Crippen LogP contribution in [0.3, 0.4) is 0 Å². The largest absolute Gasteiger partial charge is 0.550 e. The second-order valence-electron chi connectivity index (χ2n) is 1.84. The highest BCUT2D eigenvalue weighted by Crippen LogP contribution is 1.90. The first-order valence-electron chi connectivity index (χ1n) is 2.70. The predicted octanol–water partition coefficient (Wildman–Crippen LogP) is -5.02. The van der Waals surface area contributed by atoms with E-state index in [0.29, 0.717) is 0 Å². The van der Waals surface area contributed by atoms with Gasteiger partial charge < -0.3 is 25.5 Å². The van der Waals surface area contributed by atoms with Gasteiger partial charge in [-0.25, -0.2) is 0 Å². The molecule has 12 heavy (non-hydrogen) atoms. The zero-order chi connectivity index (χ0) is 8.15. The molecule has 0 spiro atoms. The summed E-state index contributed by atoms with van der Waals surface area (Å²) in [4.78, 5) is 19.6. The van der Waals surface area contributed by atoms with Crippen molar-refractivity contribution in [2.45, 2.75) is 18.9 Å². The summed E-state index contributed by atoms with van der Waals surface area (Å²) in [5.74, 6) is -2.75. The van der Waals surface area contributed by atoms with Crippen LogP contribution in [0.1, 0.15) is 12.8 Å². The van der Waals surface area contributed by atoms with Crippen molar-refractivity contribution in [2.24, 2.45) is 5.73 Å². The summed E-state index contributed by atoms with van der Waals surface area (Å²) in [5.41, 5.74) is 4.91. The average Bonchev–Trinajstić information content (AvgIpc) is 1.82. The van der Waals surface area contributed by atoms with Crippen molar-refractivity contribution in [3.05, 3.63) is 0 Å². The lowest BCUT2D eigenvalue weighted by Crippen LogP contribution is -2.42. The molecule has 0 radical (unpaired) electrons. The van der Waals surface area contributed by atoms with Gasteiger partial charge in [0, 0.05) is 12.0 Å². The zero-order valence-electron chi connectivity index (χ0n) is 6.36. The van der Waals surface area contributed by atoms with Crippen LogP contribution in [0.15, 0.2) is 0 Å². The van der Waals surface area contributed by atoms with E-state index in [0.717, 1.165) is 0 Å². The fourth-order valence-electron chi connectivity index (χ4n) is 0.391. The van der Waals surface area contributed by atoms with Crippen LogP contribution >= 0.6 is 0 Å². The van der Waals surface area contributed by atoms with E-state index in [1.54, 1.807) is 0 Å². The van der Waals surface area contributed by atoms with Gasteiger partial charge in [-0.15, -0.1) is 0 Å². The van der Waals surface area contributed by atoms with Gasteiger partial charge in [-0.1, -0.05) is 27.0 Å². The lowest BCUT2D eigenvalue weighted by molar-refractivity contribution is -0.309. The molecule has 0 bridgehead atoms. The van der Waals surface area contributed by atoms with Crippen LogP contribution in [0.2, 0.25) is 0 Å². The van der Waals surface area contributed by atoms with Crippen molar-refractivity contribution in [1.82, 2.24) is 0 Å². The maximum absolute atomic E-state index is 9.86. The number of hydrogen-bond acceptors (Lipinski definition) is 5. The summed E-state index contributed by atoms with van der Waals surface area (Å²) in [6.45, 7) is 0. The monoisotopic (exact) mass is 215 g/mol. The van der Waals surface area contributed by atoms with Crippen LogP contribution in [0.4, 0.5) is 0 Å². The molecule has 0 aliphatic rings. The normalized spacial score (nSPS) is 10.4. The molecule has 0 aromatic heterocycles. The molecule has 0 aromatic rings. The fraction of sp³-hybridized carbons (Fsp3) is 0.600. The first-order valence-corrected chi connectivity index (χ1v) is 2.70. The molecule has 74 valence electrons. The van der Waals surface area contributed by atoms with Gasteiger partial charge in [0.25, 0.3) is 0 Å². The lowest BCUT2D eigenvalue weighted by Gasteiger charge is -2.11. The van der Waals surface area contributed by atoms with Crippen LogP contribution in [0, 0.1) is 0 Å². The van der Waals surface area contributed by atoms with E-state index in [1.165, 1.54) is 0 Å². The minimum absolute atomic E-state index is 0. The third kappa shape index (κ3) is 9.60. The summed E-state index contributed by atoms with van der Waals surface area (Å²) in [6, 6.07) is -1.21. The quantitative estimate of drug-likeness (QED) is 0.472. The molecule has 0 aliphatic carbocycles. The second-order valence-corrected chi connectivity index (χ2v) is 1.84. The molecule has 0 unspecified atom stereocenters. The Labute approximate surface area is 83.8 Å². The second kappa shape index (κ2) is 8.69. The van der Waals surface area contributed by atoms with E-state index in [1.807, 2.05) is 0 Å². The van der Waals surface area contributed by atoms with E-state index in [2.05, 4.69) is 0 Å². The Morgan fingerprint density at radius 2 is 1.67 bits per heavy atom. The van der Waals surface area contributed by atoms with Gasteiger partial charge in [-0.3, -0.25) is 0 Å². The number of carboxylic acids is 2. The van der Waals surface area contributed by atoms with E-state index in [4.69, 9.17) is 5.73 Å². The van der Waals surface area contributed by atoms with Crippen LogP contribution in [-0.4, -0.2) is 18.0 Å². The maximum Gasteiger partial charge on any atom is 0.0582 e. The van der Waals surface area contributed by atoms with Gasteiger partial charge in [-0.2, -0.15) is 0 Å². The van der Waals surface area contributed by atoms with Gasteiger partial charge in [0.2, 0.25) is 0 Å². The molecule has 0 saturated heterocycles. The minimum atomic E-state index is -1.44. The Bertz CT molecular complexity index is 152. The molecular formula is C5H13NO4S2. The molecule has 0 fully saturated rings. The summed E-state index contributed by atoms with van der Waals surface area (Å²) >= 11 is 0. The molecule has 0 rings (SSSR count). The first-order chi connectivity index (χ1) is 4.54. The van der Waals surface area contributed by atoms with Gasteiger partial charge in [0.1, 0.15) is 0 Å². The number of rotatable bonds is 4. The standard InChI is InChI=1S/C5H9NO4.2H2S/c6-3(5(9)10)1-2-4(7)8;;/h3H,1-2,6H2,(H,7,8)(H,9,10);2*1H2/t3-;;/m0../s1. The summed E-state index contributed by atoms with van der Waals surface area (Å²) in [5, 5.41) is 19.6. The number of carbonyl (C=O) groups is 2. The average molecular weight is 215 g/mol. The van der Waals surface area contributed by atoms with Crippen LogP contribution in [0.25, 0.3) is 0 Å². The summed E-state index contributed by atoms with van der Waals surface area (Å²) in [7, 11) is 0. The molecule has 1 atom stereocenters. The van der Waals surface area contributed by atoms with Crippen molar-refractivity contribution in [3.8, 4) is 0 Å². The SMILES string of the molecule is N[C@@H](CCC(=O)[O-])C(=O)[O-].[SH3+].[SH3+]. The first kappa shape index (κ1) is 17.6. The highest BCUT2D eigenvalue weighted by molar-refractivity contribution is 7.37. The smallest absolute Gasteiger partial charge is 0.0582 e. The van der Waals surface area contributed by atoms with E-state index in [9.17, 15) is 19.8 Å². The molecule has 0 aromatic carbocycles. The summed E-state index contributed by atoms with van der Waals surface area (Å²) < 4.78 is 0. The highest BCUT2D eigenvalue weighted by atomic mass is 32.1. The zero-order valence-corrected chi connectivity index (χ0v) is 8.67. The number of carbonyl (C=O) groups excluding carboxylic acids is 2. The summed E-state index contributed by atoms with van der Waals surface area (Å²) in [6.07, 6.45) is -0.500. The fourth-order valence-corrected chi connectivity index (χ4v) is 0.391. The molecule has 0 heterocycles. The third-order valence-electron chi connectivity index (χ3n) is 0.962. The Morgan fingerprint density at radius 3 is 1.92 bits per heavy atom. The Hall–Kier alpha value is -0.400. The minimum Gasteiger partial charge on any atom is -0.550 e. The topological polar surface area (TPSA) is 106 Å². The molecule has 2 N–H and O–H groups in total. The Morgan fingerprint density at radius 1 is 1.25 bits per heavy atom. The maximum atomic E-state index is 9.86. The van der Waals surface area contributed by atoms with Crippen molar-refractivity contribution in [2.75, 3.05) is 0 Å². The van der Waals surface area contributed by atoms with Crippen LogP contribution < -0.4 is 15.9 Å². The van der Waals surface area contributed by atoms with Crippen LogP contribution in [-0.2, 0) is 36.6 Å². The molecule has 0 aliphatic heterocycles. The lowest BCUT2D eigenvalue weighted by atomic mass is 10.2. The molecule has 7 heteroatoms. The number of aliphatic carboxylic acids is 2. The van der Waals surface area contributed by atoms with Gasteiger partial charge >= 0.3 is 0 Å². The third-order valence-corrected chi connectivity index (χ3v) is 0.962. The Balaban J connectivity index is -0.000000405. The van der Waals surface area contributed by atoms with Gasteiger partial charge in [0.15, 0.2) is 0 Å². The van der Waals surface area contributed by atoms with Crippen molar-refractivity contribution >= 4 is 38.9 Å². The Kier molecular flexibility index (Phi) is 12.8. The highest BCUT2D eigenvalue weighted by Gasteiger charge is 2.01. The number of nitrogens with two attached hydrogens (primary N) is 1. The molecule has 0 saturated carbocycles. The number of carboxylic acid groups (broad SMARTS) is 2. The molecule has 0 amide bonds.